The topological polar surface area (TPSA) is 150 Å². The molecule has 2 atom stereocenters. The zero-order chi connectivity index (χ0) is 15.4. The van der Waals surface area contributed by atoms with Gasteiger partial charge in [0.2, 0.25) is 5.95 Å². The van der Waals surface area contributed by atoms with E-state index in [0.717, 1.165) is 6.42 Å². The molecule has 2 rings (SSSR count). The number of nitrogens with zero attached hydrogens (tertiary/aromatic N) is 3. The molecule has 0 bridgehead atoms. The second kappa shape index (κ2) is 6.57. The van der Waals surface area contributed by atoms with Crippen LogP contribution in [0, 0.1) is 0 Å². The smallest absolute Gasteiger partial charge is 0.280 e. The summed E-state index contributed by atoms with van der Waals surface area (Å²) in [6.07, 6.45) is -0.187. The van der Waals surface area contributed by atoms with Crippen molar-refractivity contribution in [2.24, 2.45) is 5.73 Å². The predicted octanol–water partition coefficient (Wildman–Crippen LogP) is -1.11. The summed E-state index contributed by atoms with van der Waals surface area (Å²) in [4.78, 5) is 26.6. The molecule has 9 nitrogen and oxygen atoms in total. The van der Waals surface area contributed by atoms with Crippen molar-refractivity contribution in [3.8, 4) is 0 Å². The fraction of sp³-hybridized carbons (Fsp3) is 0.500. The van der Waals surface area contributed by atoms with Gasteiger partial charge in [-0.2, -0.15) is 4.98 Å². The van der Waals surface area contributed by atoms with Crippen molar-refractivity contribution in [1.29, 1.82) is 0 Å². The van der Waals surface area contributed by atoms with Gasteiger partial charge in [-0.1, -0.05) is 0 Å². The minimum atomic E-state index is -1.20. The Hall–Kier alpha value is -2.10. The third kappa shape index (κ3) is 3.51. The number of aromatic nitrogens is 4. The van der Waals surface area contributed by atoms with Gasteiger partial charge in [0, 0.05) is 6.54 Å². The summed E-state index contributed by atoms with van der Waals surface area (Å²) in [5.74, 6) is 0.291. The predicted molar refractivity (Wildman–Crippen MR) is 76.8 cm³/mol. The molecule has 0 fully saturated rings. The standard InChI is InChI=1S/C12H18N6O3/c1-6(19)9(20)7-5-15-10-8(16-7)11(21)18-12(17-10)14-4-2-3-13/h5-6,9,19-20H,2-4,13H2,1H3,(H2,14,15,17,18,21). The number of fused-ring (bicyclic) bond motifs is 1. The first-order chi connectivity index (χ1) is 10.0. The minimum absolute atomic E-state index is 0.0107. The lowest BCUT2D eigenvalue weighted by Gasteiger charge is -2.12. The van der Waals surface area contributed by atoms with E-state index in [1.807, 2.05) is 0 Å². The minimum Gasteiger partial charge on any atom is -0.390 e. The quantitative estimate of drug-likeness (QED) is 0.421. The third-order valence-electron chi connectivity index (χ3n) is 2.87. The Morgan fingerprint density at radius 1 is 1.43 bits per heavy atom. The van der Waals surface area contributed by atoms with Crippen LogP contribution in [-0.2, 0) is 0 Å². The Morgan fingerprint density at radius 2 is 2.19 bits per heavy atom. The van der Waals surface area contributed by atoms with E-state index in [9.17, 15) is 15.0 Å². The second-order valence-electron chi connectivity index (χ2n) is 4.64. The monoisotopic (exact) mass is 294 g/mol. The van der Waals surface area contributed by atoms with Gasteiger partial charge in [0.25, 0.3) is 5.56 Å². The number of hydrogen-bond acceptors (Lipinski definition) is 8. The summed E-state index contributed by atoms with van der Waals surface area (Å²) >= 11 is 0. The largest absolute Gasteiger partial charge is 0.390 e. The molecule has 0 aromatic carbocycles. The van der Waals surface area contributed by atoms with Gasteiger partial charge in [-0.25, -0.2) is 9.97 Å². The highest BCUT2D eigenvalue weighted by Gasteiger charge is 2.17. The van der Waals surface area contributed by atoms with Crippen LogP contribution in [-0.4, -0.2) is 49.3 Å². The third-order valence-corrected chi connectivity index (χ3v) is 2.87. The van der Waals surface area contributed by atoms with E-state index >= 15 is 0 Å². The van der Waals surface area contributed by atoms with Crippen molar-refractivity contribution in [3.63, 3.8) is 0 Å². The van der Waals surface area contributed by atoms with Crippen LogP contribution >= 0.6 is 0 Å². The summed E-state index contributed by atoms with van der Waals surface area (Å²) in [6.45, 7) is 2.53. The summed E-state index contributed by atoms with van der Waals surface area (Å²) in [5, 5.41) is 22.0. The Labute approximate surface area is 120 Å². The van der Waals surface area contributed by atoms with Gasteiger partial charge in [-0.3, -0.25) is 9.78 Å². The van der Waals surface area contributed by atoms with E-state index in [4.69, 9.17) is 5.73 Å². The number of rotatable bonds is 6. The lowest BCUT2D eigenvalue weighted by atomic mass is 10.2. The number of H-pyrrole nitrogens is 1. The molecule has 0 aliphatic heterocycles. The van der Waals surface area contributed by atoms with E-state index in [1.165, 1.54) is 13.1 Å². The molecule has 9 heteroatoms. The number of aromatic amines is 1. The Balaban J connectivity index is 2.34. The molecule has 0 amide bonds. The molecule has 21 heavy (non-hydrogen) atoms. The van der Waals surface area contributed by atoms with Crippen molar-refractivity contribution in [3.05, 3.63) is 22.2 Å². The van der Waals surface area contributed by atoms with Crippen molar-refractivity contribution in [2.75, 3.05) is 18.4 Å². The number of nitrogens with two attached hydrogens (primary N) is 1. The van der Waals surface area contributed by atoms with E-state index < -0.39 is 17.8 Å². The van der Waals surface area contributed by atoms with Gasteiger partial charge in [-0.15, -0.1) is 0 Å². The number of nitrogens with one attached hydrogen (secondary N) is 2. The van der Waals surface area contributed by atoms with Gasteiger partial charge in [0.1, 0.15) is 6.10 Å². The lowest BCUT2D eigenvalue weighted by molar-refractivity contribution is 0.0278. The lowest BCUT2D eigenvalue weighted by Crippen LogP contribution is -2.20. The van der Waals surface area contributed by atoms with Crippen molar-refractivity contribution in [2.45, 2.75) is 25.6 Å². The average Bonchev–Trinajstić information content (AvgIpc) is 2.46. The number of hydrogen-bond donors (Lipinski definition) is 5. The average molecular weight is 294 g/mol. The van der Waals surface area contributed by atoms with Gasteiger partial charge in [0.05, 0.1) is 18.0 Å². The first-order valence-corrected chi connectivity index (χ1v) is 6.60. The molecule has 2 aromatic heterocycles. The molecule has 0 saturated heterocycles. The van der Waals surface area contributed by atoms with Gasteiger partial charge in [0.15, 0.2) is 11.2 Å². The van der Waals surface area contributed by atoms with E-state index in [1.54, 1.807) is 0 Å². The number of aliphatic hydroxyl groups excluding tert-OH is 2. The van der Waals surface area contributed by atoms with Crippen LogP contribution in [0.25, 0.3) is 11.2 Å². The highest BCUT2D eigenvalue weighted by atomic mass is 16.3. The molecular formula is C12H18N6O3. The maximum atomic E-state index is 12.0. The van der Waals surface area contributed by atoms with Crippen LogP contribution in [0.2, 0.25) is 0 Å². The van der Waals surface area contributed by atoms with E-state index in [2.05, 4.69) is 25.3 Å². The van der Waals surface area contributed by atoms with Crippen LogP contribution < -0.4 is 16.6 Å². The Kier molecular flexibility index (Phi) is 4.78. The molecule has 114 valence electrons. The normalized spacial score (nSPS) is 14.1. The molecule has 2 heterocycles. The van der Waals surface area contributed by atoms with E-state index in [-0.39, 0.29) is 16.9 Å². The molecule has 0 radical (unpaired) electrons. The Morgan fingerprint density at radius 3 is 2.86 bits per heavy atom. The molecule has 2 aromatic rings. The zero-order valence-corrected chi connectivity index (χ0v) is 11.6. The van der Waals surface area contributed by atoms with Crippen LogP contribution in [0.5, 0.6) is 0 Å². The highest BCUT2D eigenvalue weighted by molar-refractivity contribution is 5.69. The van der Waals surface area contributed by atoms with Gasteiger partial charge in [-0.05, 0) is 19.9 Å². The van der Waals surface area contributed by atoms with Gasteiger partial charge < -0.3 is 21.3 Å². The first-order valence-electron chi connectivity index (χ1n) is 6.60. The molecule has 0 spiro atoms. The summed E-state index contributed by atoms with van der Waals surface area (Å²) < 4.78 is 0. The van der Waals surface area contributed by atoms with Crippen LogP contribution in [0.1, 0.15) is 25.1 Å². The fourth-order valence-electron chi connectivity index (χ4n) is 1.71. The number of aliphatic hydroxyl groups is 2. The van der Waals surface area contributed by atoms with Crippen LogP contribution in [0.4, 0.5) is 5.95 Å². The van der Waals surface area contributed by atoms with Crippen LogP contribution in [0.15, 0.2) is 11.0 Å². The zero-order valence-electron chi connectivity index (χ0n) is 11.6. The maximum Gasteiger partial charge on any atom is 0.280 e. The molecule has 0 aliphatic carbocycles. The SMILES string of the molecule is CC(O)C(O)c1cnc2nc(NCCCN)[nH]c(=O)c2n1. The summed E-state index contributed by atoms with van der Waals surface area (Å²) in [7, 11) is 0. The first kappa shape index (κ1) is 15.3. The summed E-state index contributed by atoms with van der Waals surface area (Å²) in [6, 6.07) is 0. The molecular weight excluding hydrogens is 276 g/mol. The highest BCUT2D eigenvalue weighted by Crippen LogP contribution is 2.15. The second-order valence-corrected chi connectivity index (χ2v) is 4.64. The molecule has 0 saturated carbocycles. The van der Waals surface area contributed by atoms with E-state index in [0.29, 0.717) is 19.0 Å². The van der Waals surface area contributed by atoms with Crippen molar-refractivity contribution >= 4 is 17.1 Å². The van der Waals surface area contributed by atoms with Crippen LogP contribution in [0.3, 0.4) is 0 Å². The van der Waals surface area contributed by atoms with Crippen molar-refractivity contribution in [1.82, 2.24) is 19.9 Å². The van der Waals surface area contributed by atoms with Crippen molar-refractivity contribution < 1.29 is 10.2 Å². The molecule has 2 unspecified atom stereocenters. The maximum absolute atomic E-state index is 12.0. The Bertz CT molecular complexity index is 672. The summed E-state index contributed by atoms with van der Waals surface area (Å²) in [5.41, 5.74) is 5.21. The fourth-order valence-corrected chi connectivity index (χ4v) is 1.71. The van der Waals surface area contributed by atoms with Gasteiger partial charge >= 0.3 is 0 Å². The number of anilines is 1. The molecule has 6 N–H and O–H groups in total. The molecule has 0 aliphatic rings.